The highest BCUT2D eigenvalue weighted by molar-refractivity contribution is 5.64. The van der Waals surface area contributed by atoms with Crippen molar-refractivity contribution < 1.29 is 27.2 Å². The van der Waals surface area contributed by atoms with E-state index in [9.17, 15) is 27.7 Å². The highest BCUT2D eigenvalue weighted by Gasteiger charge is 2.31. The fourth-order valence-corrected chi connectivity index (χ4v) is 2.03. The van der Waals surface area contributed by atoms with E-state index in [1.165, 1.54) is 18.2 Å². The molecule has 0 atom stereocenters. The van der Waals surface area contributed by atoms with Crippen molar-refractivity contribution in [2.75, 3.05) is 11.9 Å². The normalized spacial score (nSPS) is 11.2. The van der Waals surface area contributed by atoms with Crippen LogP contribution in [0.15, 0.2) is 36.4 Å². The lowest BCUT2D eigenvalue weighted by atomic mass is 10.2. The van der Waals surface area contributed by atoms with Crippen LogP contribution in [0.1, 0.15) is 18.9 Å². The number of rotatable bonds is 6. The molecular formula is C16H14F4N2O3. The van der Waals surface area contributed by atoms with Crippen LogP contribution < -0.4 is 10.1 Å². The summed E-state index contributed by atoms with van der Waals surface area (Å²) in [6, 6.07) is 5.60. The number of anilines is 1. The summed E-state index contributed by atoms with van der Waals surface area (Å²) in [6.45, 7) is 2.34. The van der Waals surface area contributed by atoms with Crippen molar-refractivity contribution in [3.05, 3.63) is 57.9 Å². The Hall–Kier alpha value is -2.84. The third kappa shape index (κ3) is 4.59. The van der Waals surface area contributed by atoms with Gasteiger partial charge in [-0.2, -0.15) is 13.2 Å². The smallest absolute Gasteiger partial charge is 0.416 e. The minimum absolute atomic E-state index is 0.0582. The molecule has 9 heteroatoms. The first-order valence-electron chi connectivity index (χ1n) is 7.29. The van der Waals surface area contributed by atoms with Gasteiger partial charge in [-0.15, -0.1) is 0 Å². The van der Waals surface area contributed by atoms with Crippen LogP contribution in [0.25, 0.3) is 0 Å². The number of nitrogens with zero attached hydrogens (tertiary/aromatic N) is 1. The number of nitrogens with one attached hydrogen (secondary N) is 1. The number of benzene rings is 2. The largest absolute Gasteiger partial charge is 0.454 e. The molecule has 0 aliphatic rings. The second kappa shape index (κ2) is 7.37. The molecule has 1 N–H and O–H groups in total. The van der Waals surface area contributed by atoms with E-state index < -0.39 is 28.2 Å². The van der Waals surface area contributed by atoms with Gasteiger partial charge in [0.1, 0.15) is 11.4 Å². The molecule has 0 fully saturated rings. The average Bonchev–Trinajstić information content (AvgIpc) is 2.53. The summed E-state index contributed by atoms with van der Waals surface area (Å²) in [7, 11) is 0. The molecular weight excluding hydrogens is 344 g/mol. The van der Waals surface area contributed by atoms with Gasteiger partial charge >= 0.3 is 6.18 Å². The summed E-state index contributed by atoms with van der Waals surface area (Å²) >= 11 is 0. The Morgan fingerprint density at radius 2 is 1.92 bits per heavy atom. The third-order valence-corrected chi connectivity index (χ3v) is 3.22. The lowest BCUT2D eigenvalue weighted by Gasteiger charge is -2.12. The molecule has 0 bridgehead atoms. The summed E-state index contributed by atoms with van der Waals surface area (Å²) in [5.41, 5.74) is -1.14. The van der Waals surface area contributed by atoms with Gasteiger partial charge in [-0.05, 0) is 30.7 Å². The van der Waals surface area contributed by atoms with Gasteiger partial charge in [0.25, 0.3) is 5.69 Å². The molecule has 2 aromatic carbocycles. The van der Waals surface area contributed by atoms with E-state index in [4.69, 9.17) is 4.74 Å². The summed E-state index contributed by atoms with van der Waals surface area (Å²) in [6.07, 6.45) is -3.94. The highest BCUT2D eigenvalue weighted by atomic mass is 19.4. The Balaban J connectivity index is 2.29. The van der Waals surface area contributed by atoms with Gasteiger partial charge in [0, 0.05) is 18.7 Å². The molecule has 0 spiro atoms. The Morgan fingerprint density at radius 3 is 2.48 bits per heavy atom. The summed E-state index contributed by atoms with van der Waals surface area (Å²) in [4.78, 5) is 10.4. The molecule has 0 saturated heterocycles. The molecule has 5 nitrogen and oxygen atoms in total. The van der Waals surface area contributed by atoms with Gasteiger partial charge in [0.05, 0.1) is 10.5 Å². The van der Waals surface area contributed by atoms with E-state index in [-0.39, 0.29) is 17.1 Å². The van der Waals surface area contributed by atoms with Gasteiger partial charge in [-0.25, -0.2) is 4.39 Å². The molecule has 0 aliphatic heterocycles. The fraction of sp³-hybridized carbons (Fsp3) is 0.250. The second-order valence-electron chi connectivity index (χ2n) is 5.11. The first-order valence-corrected chi connectivity index (χ1v) is 7.29. The second-order valence-corrected chi connectivity index (χ2v) is 5.11. The van der Waals surface area contributed by atoms with Crippen LogP contribution in [-0.4, -0.2) is 11.5 Å². The summed E-state index contributed by atoms with van der Waals surface area (Å²) < 4.78 is 56.7. The Kier molecular flexibility index (Phi) is 5.45. The molecule has 2 aromatic rings. The predicted octanol–water partition coefficient (Wildman–Crippen LogP) is 5.37. The molecule has 0 heterocycles. The third-order valence-electron chi connectivity index (χ3n) is 3.22. The van der Waals surface area contributed by atoms with Gasteiger partial charge in [0.15, 0.2) is 11.6 Å². The van der Waals surface area contributed by atoms with Crippen molar-refractivity contribution in [3.8, 4) is 11.5 Å². The number of ether oxygens (including phenoxy) is 1. The fourth-order valence-electron chi connectivity index (χ4n) is 2.03. The van der Waals surface area contributed by atoms with Crippen LogP contribution in [0.5, 0.6) is 11.5 Å². The molecule has 25 heavy (non-hydrogen) atoms. The van der Waals surface area contributed by atoms with Gasteiger partial charge in [-0.3, -0.25) is 10.1 Å². The zero-order chi connectivity index (χ0) is 18.6. The highest BCUT2D eigenvalue weighted by Crippen LogP contribution is 2.35. The van der Waals surface area contributed by atoms with Crippen molar-refractivity contribution in [1.29, 1.82) is 0 Å². The monoisotopic (exact) mass is 358 g/mol. The van der Waals surface area contributed by atoms with E-state index >= 15 is 0 Å². The zero-order valence-corrected chi connectivity index (χ0v) is 13.1. The lowest BCUT2D eigenvalue weighted by molar-refractivity contribution is -0.384. The molecule has 0 unspecified atom stereocenters. The van der Waals surface area contributed by atoms with Crippen LogP contribution in [-0.2, 0) is 6.18 Å². The molecule has 0 saturated carbocycles. The van der Waals surface area contributed by atoms with Gasteiger partial charge in [-0.1, -0.05) is 6.92 Å². The first kappa shape index (κ1) is 18.5. The van der Waals surface area contributed by atoms with Crippen molar-refractivity contribution >= 4 is 11.4 Å². The molecule has 0 radical (unpaired) electrons. The number of halogens is 4. The maximum atomic E-state index is 13.8. The van der Waals surface area contributed by atoms with E-state index in [1.807, 2.05) is 6.92 Å². The quantitative estimate of drug-likeness (QED) is 0.428. The van der Waals surface area contributed by atoms with Crippen molar-refractivity contribution in [2.45, 2.75) is 19.5 Å². The number of nitro groups is 1. The molecule has 0 amide bonds. The lowest BCUT2D eigenvalue weighted by Crippen LogP contribution is -2.05. The van der Waals surface area contributed by atoms with Gasteiger partial charge in [0.2, 0.25) is 0 Å². The predicted molar refractivity (Wildman–Crippen MR) is 83.4 cm³/mol. The van der Waals surface area contributed by atoms with Crippen LogP contribution in [0, 0.1) is 15.9 Å². The minimum Gasteiger partial charge on any atom is -0.454 e. The van der Waals surface area contributed by atoms with Gasteiger partial charge < -0.3 is 10.1 Å². The molecule has 0 aromatic heterocycles. The Morgan fingerprint density at radius 1 is 1.20 bits per heavy atom. The van der Waals surface area contributed by atoms with Crippen molar-refractivity contribution in [2.24, 2.45) is 0 Å². The Labute approximate surface area is 140 Å². The van der Waals surface area contributed by atoms with E-state index in [1.54, 1.807) is 0 Å². The molecule has 2 rings (SSSR count). The first-order chi connectivity index (χ1) is 11.7. The minimum atomic E-state index is -4.66. The van der Waals surface area contributed by atoms with Crippen LogP contribution in [0.4, 0.5) is 28.9 Å². The van der Waals surface area contributed by atoms with E-state index in [0.717, 1.165) is 12.5 Å². The average molecular weight is 358 g/mol. The van der Waals surface area contributed by atoms with Crippen LogP contribution >= 0.6 is 0 Å². The number of hydrogen-bond acceptors (Lipinski definition) is 4. The zero-order valence-electron chi connectivity index (χ0n) is 13.1. The topological polar surface area (TPSA) is 64.4 Å². The number of nitro benzene ring substituents is 1. The van der Waals surface area contributed by atoms with Crippen molar-refractivity contribution in [3.63, 3.8) is 0 Å². The number of alkyl halides is 3. The van der Waals surface area contributed by atoms with Crippen molar-refractivity contribution in [1.82, 2.24) is 0 Å². The SMILES string of the molecule is CCCNc1cc(Oc2ccc(C(F)(F)F)cc2F)ccc1[N+](=O)[O-]. The van der Waals surface area contributed by atoms with Crippen LogP contribution in [0.2, 0.25) is 0 Å². The summed E-state index contributed by atoms with van der Waals surface area (Å²) in [5.74, 6) is -1.54. The maximum absolute atomic E-state index is 13.8. The van der Waals surface area contributed by atoms with E-state index in [0.29, 0.717) is 18.7 Å². The van der Waals surface area contributed by atoms with E-state index in [2.05, 4.69) is 5.32 Å². The van der Waals surface area contributed by atoms with Crippen LogP contribution in [0.3, 0.4) is 0 Å². The molecule has 134 valence electrons. The number of hydrogen-bond donors (Lipinski definition) is 1. The Bertz CT molecular complexity index is 778. The molecule has 0 aliphatic carbocycles. The maximum Gasteiger partial charge on any atom is 0.416 e. The summed E-state index contributed by atoms with van der Waals surface area (Å²) in [5, 5.41) is 13.8. The standard InChI is InChI=1S/C16H14F4N2O3/c1-2-7-21-13-9-11(4-5-14(13)22(23)24)25-15-6-3-10(8-12(15)17)16(18,19)20/h3-6,8-9,21H,2,7H2,1H3.